The van der Waals surface area contributed by atoms with Gasteiger partial charge in [-0.1, -0.05) is 29.8 Å². The average molecular weight is 377 g/mol. The summed E-state index contributed by atoms with van der Waals surface area (Å²) in [4.78, 5) is 11.1. The van der Waals surface area contributed by atoms with Crippen LogP contribution in [0, 0.1) is 6.92 Å². The zero-order valence-corrected chi connectivity index (χ0v) is 17.0. The van der Waals surface area contributed by atoms with Gasteiger partial charge in [-0.25, -0.2) is 9.97 Å². The molecule has 0 aliphatic carbocycles. The highest BCUT2D eigenvalue weighted by Crippen LogP contribution is 2.20. The third kappa shape index (κ3) is 5.54. The number of hydrogen-bond acceptors (Lipinski definition) is 5. The summed E-state index contributed by atoms with van der Waals surface area (Å²) in [5.41, 5.74) is 4.43. The largest absolute Gasteiger partial charge is 0.489 e. The summed E-state index contributed by atoms with van der Waals surface area (Å²) in [5.74, 6) is 1.64. The predicted octanol–water partition coefficient (Wildman–Crippen LogP) is 4.08. The van der Waals surface area contributed by atoms with Crippen molar-refractivity contribution in [3.05, 3.63) is 72.1 Å². The Morgan fingerprint density at radius 3 is 2.50 bits per heavy atom. The number of aryl methyl sites for hydroxylation is 1. The molecule has 0 aliphatic heterocycles. The van der Waals surface area contributed by atoms with Gasteiger partial charge >= 0.3 is 0 Å². The molecule has 5 nitrogen and oxygen atoms in total. The van der Waals surface area contributed by atoms with Crippen LogP contribution in [0.4, 0.5) is 5.69 Å². The van der Waals surface area contributed by atoms with Gasteiger partial charge in [0.25, 0.3) is 0 Å². The number of benzene rings is 2. The molecule has 0 radical (unpaired) electrons. The van der Waals surface area contributed by atoms with Gasteiger partial charge < -0.3 is 15.0 Å². The molecule has 1 aromatic heterocycles. The molecule has 5 heteroatoms. The lowest BCUT2D eigenvalue weighted by Gasteiger charge is -2.18. The predicted molar refractivity (Wildman–Crippen MR) is 115 cm³/mol. The molecule has 146 valence electrons. The van der Waals surface area contributed by atoms with Crippen LogP contribution in [-0.4, -0.2) is 36.7 Å². The van der Waals surface area contributed by atoms with E-state index in [2.05, 4.69) is 52.2 Å². The van der Waals surface area contributed by atoms with Crippen LogP contribution >= 0.6 is 0 Å². The van der Waals surface area contributed by atoms with Crippen LogP contribution in [0.25, 0.3) is 11.4 Å². The second kappa shape index (κ2) is 9.33. The maximum absolute atomic E-state index is 6.01. The standard InChI is InChI=1S/C23H28N4O/c1-17-7-5-8-20(11-17)23-25-15-19(16-26-23)14-24-13-18(2)28-22-10-6-9-21(12-22)27(3)4/h5-12,15-16,18,24H,13-14H2,1-4H3/t18-/m1/s1. The summed E-state index contributed by atoms with van der Waals surface area (Å²) in [7, 11) is 4.05. The van der Waals surface area contributed by atoms with E-state index in [0.29, 0.717) is 6.54 Å². The van der Waals surface area contributed by atoms with Gasteiger partial charge in [0.2, 0.25) is 0 Å². The highest BCUT2D eigenvalue weighted by atomic mass is 16.5. The molecule has 3 aromatic rings. The van der Waals surface area contributed by atoms with Crippen LogP contribution in [-0.2, 0) is 6.54 Å². The highest BCUT2D eigenvalue weighted by molar-refractivity contribution is 5.55. The molecule has 0 bridgehead atoms. The molecule has 0 unspecified atom stereocenters. The molecule has 28 heavy (non-hydrogen) atoms. The molecule has 1 atom stereocenters. The molecule has 0 saturated heterocycles. The molecular formula is C23H28N4O. The van der Waals surface area contributed by atoms with Gasteiger partial charge in [0.1, 0.15) is 11.9 Å². The van der Waals surface area contributed by atoms with Gasteiger partial charge in [-0.2, -0.15) is 0 Å². The van der Waals surface area contributed by atoms with Crippen molar-refractivity contribution in [1.82, 2.24) is 15.3 Å². The number of hydrogen-bond donors (Lipinski definition) is 1. The Morgan fingerprint density at radius 1 is 1.04 bits per heavy atom. The van der Waals surface area contributed by atoms with Crippen LogP contribution in [0.2, 0.25) is 0 Å². The van der Waals surface area contributed by atoms with Crippen molar-refractivity contribution in [2.24, 2.45) is 0 Å². The first-order chi connectivity index (χ1) is 13.5. The van der Waals surface area contributed by atoms with Crippen molar-refractivity contribution in [3.63, 3.8) is 0 Å². The zero-order chi connectivity index (χ0) is 19.9. The molecule has 0 amide bonds. The Kier molecular flexibility index (Phi) is 6.61. The first kappa shape index (κ1) is 19.8. The van der Waals surface area contributed by atoms with Crippen LogP contribution < -0.4 is 15.0 Å². The lowest BCUT2D eigenvalue weighted by atomic mass is 10.1. The maximum Gasteiger partial charge on any atom is 0.159 e. The number of anilines is 1. The van der Waals surface area contributed by atoms with E-state index >= 15 is 0 Å². The molecule has 0 saturated carbocycles. The van der Waals surface area contributed by atoms with Crippen LogP contribution in [0.1, 0.15) is 18.1 Å². The van der Waals surface area contributed by atoms with Crippen LogP contribution in [0.3, 0.4) is 0 Å². The number of nitrogens with one attached hydrogen (secondary N) is 1. The van der Waals surface area contributed by atoms with Gasteiger partial charge in [-0.05, 0) is 32.0 Å². The summed E-state index contributed by atoms with van der Waals surface area (Å²) >= 11 is 0. The zero-order valence-electron chi connectivity index (χ0n) is 17.0. The molecule has 1 heterocycles. The Balaban J connectivity index is 1.49. The van der Waals surface area contributed by atoms with Crippen molar-refractivity contribution in [1.29, 1.82) is 0 Å². The number of ether oxygens (including phenoxy) is 1. The summed E-state index contributed by atoms with van der Waals surface area (Å²) in [6.07, 6.45) is 3.82. The summed E-state index contributed by atoms with van der Waals surface area (Å²) in [5, 5.41) is 3.41. The average Bonchev–Trinajstić information content (AvgIpc) is 2.68. The fourth-order valence-corrected chi connectivity index (χ4v) is 2.91. The second-order valence-corrected chi connectivity index (χ2v) is 7.24. The number of rotatable bonds is 8. The van der Waals surface area contributed by atoms with E-state index < -0.39 is 0 Å². The van der Waals surface area contributed by atoms with Crippen LogP contribution in [0.15, 0.2) is 60.9 Å². The minimum atomic E-state index is 0.0601. The molecule has 3 rings (SSSR count). The quantitative estimate of drug-likeness (QED) is 0.642. The minimum absolute atomic E-state index is 0.0601. The van der Waals surface area contributed by atoms with E-state index in [0.717, 1.165) is 34.9 Å². The summed E-state index contributed by atoms with van der Waals surface area (Å²) in [6.45, 7) is 5.58. The van der Waals surface area contributed by atoms with E-state index in [1.807, 2.05) is 56.8 Å². The fraction of sp³-hybridized carbons (Fsp3) is 0.304. The first-order valence-electron chi connectivity index (χ1n) is 9.54. The third-order valence-corrected chi connectivity index (χ3v) is 4.41. The first-order valence-corrected chi connectivity index (χ1v) is 9.54. The van der Waals surface area contributed by atoms with Gasteiger partial charge in [0.05, 0.1) is 0 Å². The normalized spacial score (nSPS) is 11.9. The summed E-state index contributed by atoms with van der Waals surface area (Å²) in [6, 6.07) is 16.3. The maximum atomic E-state index is 6.01. The van der Waals surface area contributed by atoms with Crippen molar-refractivity contribution in [3.8, 4) is 17.1 Å². The lowest BCUT2D eigenvalue weighted by molar-refractivity contribution is 0.217. The van der Waals surface area contributed by atoms with E-state index in [-0.39, 0.29) is 6.10 Å². The van der Waals surface area contributed by atoms with Crippen molar-refractivity contribution < 1.29 is 4.74 Å². The minimum Gasteiger partial charge on any atom is -0.489 e. The van der Waals surface area contributed by atoms with E-state index in [9.17, 15) is 0 Å². The van der Waals surface area contributed by atoms with Gasteiger partial charge in [-0.15, -0.1) is 0 Å². The molecule has 2 aromatic carbocycles. The van der Waals surface area contributed by atoms with Crippen molar-refractivity contribution in [2.45, 2.75) is 26.5 Å². The molecule has 0 aliphatic rings. The molecule has 0 fully saturated rings. The molecular weight excluding hydrogens is 348 g/mol. The topological polar surface area (TPSA) is 50.3 Å². The third-order valence-electron chi connectivity index (χ3n) is 4.41. The van der Waals surface area contributed by atoms with E-state index in [1.54, 1.807) is 0 Å². The number of nitrogens with zero attached hydrogens (tertiary/aromatic N) is 3. The fourth-order valence-electron chi connectivity index (χ4n) is 2.91. The lowest BCUT2D eigenvalue weighted by Crippen LogP contribution is -2.28. The van der Waals surface area contributed by atoms with E-state index in [4.69, 9.17) is 4.74 Å². The smallest absolute Gasteiger partial charge is 0.159 e. The van der Waals surface area contributed by atoms with Crippen molar-refractivity contribution in [2.75, 3.05) is 25.5 Å². The monoisotopic (exact) mass is 376 g/mol. The number of aromatic nitrogens is 2. The van der Waals surface area contributed by atoms with Crippen LogP contribution in [0.5, 0.6) is 5.75 Å². The SMILES string of the molecule is Cc1cccc(-c2ncc(CNC[C@@H](C)Oc3cccc(N(C)C)c3)cn2)c1. The molecule has 0 spiro atoms. The Labute approximate surface area is 167 Å². The summed E-state index contributed by atoms with van der Waals surface area (Å²) < 4.78 is 6.01. The second-order valence-electron chi connectivity index (χ2n) is 7.24. The van der Waals surface area contributed by atoms with Gasteiger partial charge in [0.15, 0.2) is 5.82 Å². The Morgan fingerprint density at radius 2 is 1.79 bits per heavy atom. The molecule has 1 N–H and O–H groups in total. The highest BCUT2D eigenvalue weighted by Gasteiger charge is 2.06. The Bertz CT molecular complexity index is 893. The van der Waals surface area contributed by atoms with Crippen molar-refractivity contribution >= 4 is 5.69 Å². The van der Waals surface area contributed by atoms with Gasteiger partial charge in [0, 0.05) is 62.5 Å². The Hall–Kier alpha value is -2.92. The van der Waals surface area contributed by atoms with Gasteiger partial charge in [-0.3, -0.25) is 0 Å². The van der Waals surface area contributed by atoms with E-state index in [1.165, 1.54) is 5.56 Å².